The largest absolute Gasteiger partial charge is 0.484 e. The van der Waals surface area contributed by atoms with E-state index in [1.165, 1.54) is 11.1 Å². The SMILES string of the molecule is CC(C)(C)OC(=O)N1CCC(n2ncc3ccc(OCC(=O)NCC(O)CN4CCc5ccccc5C4)cc32)CC1. The molecular weight excluding hydrogens is 522 g/mol. The fourth-order valence-electron chi connectivity index (χ4n) is 5.52. The van der Waals surface area contributed by atoms with Gasteiger partial charge in [0.05, 0.1) is 23.9 Å². The molecule has 0 radical (unpaired) electrons. The number of hydrogen-bond donors (Lipinski definition) is 2. The molecule has 1 saturated heterocycles. The molecule has 0 aliphatic carbocycles. The first kappa shape index (κ1) is 28.9. The van der Waals surface area contributed by atoms with Crippen LogP contribution in [0.5, 0.6) is 5.75 Å². The third kappa shape index (κ3) is 7.56. The van der Waals surface area contributed by atoms with Crippen molar-refractivity contribution < 1.29 is 24.2 Å². The van der Waals surface area contributed by atoms with Gasteiger partial charge in [0.25, 0.3) is 5.91 Å². The van der Waals surface area contributed by atoms with E-state index in [1.54, 1.807) is 4.90 Å². The Hall–Kier alpha value is -3.63. The summed E-state index contributed by atoms with van der Waals surface area (Å²) in [5.41, 5.74) is 3.08. The van der Waals surface area contributed by atoms with Gasteiger partial charge in [0.15, 0.2) is 6.61 Å². The first-order chi connectivity index (χ1) is 19.6. The topological polar surface area (TPSA) is 109 Å². The lowest BCUT2D eigenvalue weighted by molar-refractivity contribution is -0.123. The third-order valence-electron chi connectivity index (χ3n) is 7.62. The number of amides is 2. The van der Waals surface area contributed by atoms with Crippen LogP contribution in [0.2, 0.25) is 0 Å². The molecule has 0 saturated carbocycles. The highest BCUT2D eigenvalue weighted by atomic mass is 16.6. The number of aliphatic hydroxyl groups excluding tert-OH is 1. The van der Waals surface area contributed by atoms with Crippen molar-refractivity contribution in [3.63, 3.8) is 0 Å². The number of aromatic nitrogens is 2. The highest BCUT2D eigenvalue weighted by Gasteiger charge is 2.28. The molecule has 0 spiro atoms. The molecule has 5 rings (SSSR count). The Labute approximate surface area is 241 Å². The fraction of sp³-hybridized carbons (Fsp3) is 0.516. The molecule has 10 nitrogen and oxygen atoms in total. The minimum absolute atomic E-state index is 0.141. The van der Waals surface area contributed by atoms with Crippen LogP contribution < -0.4 is 10.1 Å². The van der Waals surface area contributed by atoms with E-state index in [0.29, 0.717) is 25.4 Å². The Kier molecular flexibility index (Phi) is 8.79. The predicted octanol–water partition coefficient (Wildman–Crippen LogP) is 3.52. The van der Waals surface area contributed by atoms with Gasteiger partial charge in [-0.25, -0.2) is 4.79 Å². The highest BCUT2D eigenvalue weighted by Crippen LogP contribution is 2.29. The quantitative estimate of drug-likeness (QED) is 0.432. The first-order valence-corrected chi connectivity index (χ1v) is 14.5. The maximum atomic E-state index is 12.5. The molecular formula is C31H41N5O5. The number of likely N-dealkylation sites (tertiary alicyclic amines) is 1. The van der Waals surface area contributed by atoms with Gasteiger partial charge in [0, 0.05) is 50.7 Å². The normalized spacial score (nSPS) is 17.2. The second-order valence-corrected chi connectivity index (χ2v) is 12.0. The van der Waals surface area contributed by atoms with Crippen LogP contribution in [0.15, 0.2) is 48.7 Å². The van der Waals surface area contributed by atoms with Crippen molar-refractivity contribution in [1.29, 1.82) is 0 Å². The Morgan fingerprint density at radius 1 is 1.10 bits per heavy atom. The molecule has 1 fully saturated rings. The molecule has 10 heteroatoms. The molecule has 2 amide bonds. The Balaban J connectivity index is 1.08. The molecule has 3 aromatic rings. The maximum absolute atomic E-state index is 12.5. The molecule has 1 aromatic heterocycles. The molecule has 2 N–H and O–H groups in total. The number of nitrogens with zero attached hydrogens (tertiary/aromatic N) is 4. The van der Waals surface area contributed by atoms with Crippen LogP contribution in [0.3, 0.4) is 0 Å². The van der Waals surface area contributed by atoms with E-state index < -0.39 is 11.7 Å². The Bertz CT molecular complexity index is 1360. The van der Waals surface area contributed by atoms with Crippen molar-refractivity contribution >= 4 is 22.9 Å². The van der Waals surface area contributed by atoms with Gasteiger partial charge in [0.1, 0.15) is 11.4 Å². The minimum atomic E-state index is -0.656. The summed E-state index contributed by atoms with van der Waals surface area (Å²) < 4.78 is 13.3. The van der Waals surface area contributed by atoms with Crippen LogP contribution in [0.25, 0.3) is 10.9 Å². The Morgan fingerprint density at radius 3 is 2.61 bits per heavy atom. The Morgan fingerprint density at radius 2 is 1.85 bits per heavy atom. The van der Waals surface area contributed by atoms with E-state index >= 15 is 0 Å². The number of piperidine rings is 1. The molecule has 1 unspecified atom stereocenters. The van der Waals surface area contributed by atoms with Gasteiger partial charge in [-0.15, -0.1) is 0 Å². The molecule has 41 heavy (non-hydrogen) atoms. The van der Waals surface area contributed by atoms with Gasteiger partial charge in [-0.05, 0) is 63.3 Å². The van der Waals surface area contributed by atoms with Crippen molar-refractivity contribution in [1.82, 2.24) is 24.9 Å². The van der Waals surface area contributed by atoms with Crippen molar-refractivity contribution in [2.75, 3.05) is 39.3 Å². The molecule has 1 atom stereocenters. The smallest absolute Gasteiger partial charge is 0.410 e. The first-order valence-electron chi connectivity index (χ1n) is 14.5. The number of hydrogen-bond acceptors (Lipinski definition) is 7. The van der Waals surface area contributed by atoms with Gasteiger partial charge < -0.3 is 24.8 Å². The maximum Gasteiger partial charge on any atom is 0.410 e. The van der Waals surface area contributed by atoms with Crippen LogP contribution in [-0.4, -0.2) is 87.7 Å². The van der Waals surface area contributed by atoms with Crippen LogP contribution >= 0.6 is 0 Å². The minimum Gasteiger partial charge on any atom is -0.484 e. The van der Waals surface area contributed by atoms with Gasteiger partial charge in [-0.2, -0.15) is 5.10 Å². The molecule has 0 bridgehead atoms. The number of nitrogens with one attached hydrogen (secondary N) is 1. The number of β-amino-alcohol motifs (C(OH)–C–C–N with tert-alkyl or cyclic N) is 1. The van der Waals surface area contributed by atoms with E-state index in [0.717, 1.165) is 43.3 Å². The average Bonchev–Trinajstić information content (AvgIpc) is 3.37. The summed E-state index contributed by atoms with van der Waals surface area (Å²) in [5.74, 6) is 0.296. The highest BCUT2D eigenvalue weighted by molar-refractivity contribution is 5.81. The monoisotopic (exact) mass is 563 g/mol. The summed E-state index contributed by atoms with van der Waals surface area (Å²) in [6, 6.07) is 14.2. The third-order valence-corrected chi connectivity index (χ3v) is 7.62. The summed E-state index contributed by atoms with van der Waals surface area (Å²) >= 11 is 0. The van der Waals surface area contributed by atoms with Crippen LogP contribution in [0.4, 0.5) is 4.79 Å². The van der Waals surface area contributed by atoms with Crippen molar-refractivity contribution in [3.8, 4) is 5.75 Å². The van der Waals surface area contributed by atoms with Gasteiger partial charge in [0.2, 0.25) is 0 Å². The zero-order valence-corrected chi connectivity index (χ0v) is 24.2. The lowest BCUT2D eigenvalue weighted by Crippen LogP contribution is -2.42. The number of fused-ring (bicyclic) bond motifs is 2. The fourth-order valence-corrected chi connectivity index (χ4v) is 5.52. The summed E-state index contributed by atoms with van der Waals surface area (Å²) in [6.07, 6.45) is 3.41. The summed E-state index contributed by atoms with van der Waals surface area (Å²) in [4.78, 5) is 28.8. The summed E-state index contributed by atoms with van der Waals surface area (Å²) in [7, 11) is 0. The lowest BCUT2D eigenvalue weighted by atomic mass is 10.00. The van der Waals surface area contributed by atoms with Crippen molar-refractivity contribution in [3.05, 3.63) is 59.8 Å². The number of benzene rings is 2. The molecule has 2 aromatic carbocycles. The van der Waals surface area contributed by atoms with Crippen LogP contribution in [0, 0.1) is 0 Å². The summed E-state index contributed by atoms with van der Waals surface area (Å²) in [5, 5.41) is 18.9. The lowest BCUT2D eigenvalue weighted by Gasteiger charge is -2.33. The number of carbonyl (C=O) groups excluding carboxylic acids is 2. The standard InChI is InChI=1S/C31H41N5O5/c1-31(2,3)41-30(39)35-14-11-25(12-15-35)36-28-16-27(9-8-23(28)17-33-36)40-21-29(38)32-18-26(37)20-34-13-10-22-6-4-5-7-24(22)19-34/h4-9,16-17,25-26,37H,10-15,18-21H2,1-3H3,(H,32,38). The average molecular weight is 564 g/mol. The zero-order valence-electron chi connectivity index (χ0n) is 24.2. The van der Waals surface area contributed by atoms with Crippen molar-refractivity contribution in [2.45, 2.75) is 64.3 Å². The van der Waals surface area contributed by atoms with Gasteiger partial charge in [-0.1, -0.05) is 24.3 Å². The van der Waals surface area contributed by atoms with E-state index in [4.69, 9.17) is 9.47 Å². The molecule has 220 valence electrons. The summed E-state index contributed by atoms with van der Waals surface area (Å²) in [6.45, 7) is 9.07. The van der Waals surface area contributed by atoms with Gasteiger partial charge >= 0.3 is 6.09 Å². The van der Waals surface area contributed by atoms with Crippen LogP contribution in [-0.2, 0) is 22.5 Å². The van der Waals surface area contributed by atoms with Crippen molar-refractivity contribution in [2.24, 2.45) is 0 Å². The predicted molar refractivity (Wildman–Crippen MR) is 156 cm³/mol. The van der Waals surface area contributed by atoms with E-state index in [2.05, 4.69) is 33.5 Å². The number of ether oxygens (including phenoxy) is 2. The molecule has 2 aliphatic heterocycles. The van der Waals surface area contributed by atoms with Gasteiger partial charge in [-0.3, -0.25) is 14.4 Å². The second kappa shape index (κ2) is 12.5. The second-order valence-electron chi connectivity index (χ2n) is 12.0. The zero-order chi connectivity index (χ0) is 29.0. The van der Waals surface area contributed by atoms with E-state index in [9.17, 15) is 14.7 Å². The molecule has 2 aliphatic rings. The number of aliphatic hydroxyl groups is 1. The van der Waals surface area contributed by atoms with Crippen LogP contribution in [0.1, 0.15) is 50.8 Å². The molecule has 3 heterocycles. The van der Waals surface area contributed by atoms with E-state index in [1.807, 2.05) is 55.9 Å². The number of rotatable bonds is 8. The van der Waals surface area contributed by atoms with E-state index in [-0.39, 0.29) is 31.2 Å². The number of carbonyl (C=O) groups is 2.